The third-order valence-corrected chi connectivity index (χ3v) is 7.75. The highest BCUT2D eigenvalue weighted by Gasteiger charge is 2.35. The van der Waals surface area contributed by atoms with Crippen LogP contribution in [0.5, 0.6) is 0 Å². The largest absolute Gasteiger partial charge is 0.443 e. The van der Waals surface area contributed by atoms with E-state index >= 15 is 0 Å². The number of carbonyl (C=O) groups excluding carboxylic acids is 2. The molecule has 2 amide bonds. The predicted molar refractivity (Wildman–Crippen MR) is 148 cm³/mol. The van der Waals surface area contributed by atoms with E-state index in [1.807, 2.05) is 43.1 Å². The summed E-state index contributed by atoms with van der Waals surface area (Å²) in [7, 11) is 1.78. The lowest BCUT2D eigenvalue weighted by Gasteiger charge is -2.27. The van der Waals surface area contributed by atoms with E-state index in [-0.39, 0.29) is 12.1 Å². The summed E-state index contributed by atoms with van der Waals surface area (Å²) in [6, 6.07) is 1.68. The van der Waals surface area contributed by atoms with Crippen molar-refractivity contribution in [3.8, 4) is 11.1 Å². The van der Waals surface area contributed by atoms with Crippen LogP contribution in [0.1, 0.15) is 63.7 Å². The van der Waals surface area contributed by atoms with Crippen LogP contribution >= 0.6 is 23.2 Å². The summed E-state index contributed by atoms with van der Waals surface area (Å²) in [5.74, 6) is -0.137. The highest BCUT2D eigenvalue weighted by Crippen LogP contribution is 2.47. The second-order valence-electron chi connectivity index (χ2n) is 10.8. The highest BCUT2D eigenvalue weighted by atomic mass is 35.5. The molecular formula is C27H33Cl2N5O4. The number of anilines is 1. The molecule has 1 saturated heterocycles. The van der Waals surface area contributed by atoms with E-state index in [4.69, 9.17) is 32.7 Å². The fourth-order valence-electron chi connectivity index (χ4n) is 5.21. The van der Waals surface area contributed by atoms with E-state index in [2.05, 4.69) is 5.10 Å². The minimum atomic E-state index is -0.692. The first-order chi connectivity index (χ1) is 18.0. The molecule has 11 heteroatoms. The van der Waals surface area contributed by atoms with Crippen LogP contribution in [0.4, 0.5) is 10.5 Å². The number of hydrogen-bond acceptors (Lipinski definition) is 5. The number of rotatable bonds is 4. The van der Waals surface area contributed by atoms with Gasteiger partial charge in [0.2, 0.25) is 0 Å². The molecule has 1 fully saturated rings. The minimum Gasteiger partial charge on any atom is -0.443 e. The molecule has 3 aromatic rings. The van der Waals surface area contributed by atoms with Crippen molar-refractivity contribution in [2.24, 2.45) is 0 Å². The van der Waals surface area contributed by atoms with Crippen molar-refractivity contribution in [3.63, 3.8) is 0 Å². The monoisotopic (exact) mass is 561 g/mol. The van der Waals surface area contributed by atoms with Gasteiger partial charge in [-0.25, -0.2) is 9.48 Å². The van der Waals surface area contributed by atoms with Crippen molar-refractivity contribution in [1.82, 2.24) is 19.2 Å². The number of carbonyl (C=O) groups is 2. The van der Waals surface area contributed by atoms with Gasteiger partial charge < -0.3 is 18.9 Å². The first-order valence-electron chi connectivity index (χ1n) is 13.0. The zero-order chi connectivity index (χ0) is 27.4. The maximum Gasteiger partial charge on any atom is 0.414 e. The number of halogens is 2. The fourth-order valence-corrected chi connectivity index (χ4v) is 5.65. The number of likely N-dealkylation sites (N-methyl/N-ethyl adjacent to an activating group) is 1. The van der Waals surface area contributed by atoms with E-state index in [1.165, 1.54) is 4.90 Å². The Morgan fingerprint density at radius 1 is 1.26 bits per heavy atom. The molecule has 0 radical (unpaired) electrons. The molecule has 2 aliphatic heterocycles. The van der Waals surface area contributed by atoms with Gasteiger partial charge in [0.05, 0.1) is 27.4 Å². The lowest BCUT2D eigenvalue weighted by Crippen LogP contribution is -2.37. The van der Waals surface area contributed by atoms with Crippen LogP contribution in [0.25, 0.3) is 22.0 Å². The van der Waals surface area contributed by atoms with Gasteiger partial charge in [0, 0.05) is 56.0 Å². The average Bonchev–Trinajstić information content (AvgIpc) is 3.48. The molecule has 2 aromatic heterocycles. The Morgan fingerprint density at radius 2 is 2.03 bits per heavy atom. The Bertz CT molecular complexity index is 1400. The molecule has 4 heterocycles. The number of hydrogen-bond donors (Lipinski definition) is 0. The SMILES string of the molecule is CCN(C(=O)OC(C)(C)C)c1cc(Cl)c(Cl)c2c1c(-c1cnn(C3CCCCO3)c1)c1n2CCN(C)C1=O. The van der Waals surface area contributed by atoms with E-state index in [0.717, 1.165) is 24.8 Å². The standard InChI is InChI=1S/C27H33Cl2N5O4/c1-6-32(26(36)38-27(2,3)4)18-13-17(28)22(29)23-21(18)20(24-25(35)31(5)10-11-33(23)24)16-14-30-34(15-16)19-9-7-8-12-37-19/h13-15,19H,6-12H2,1-5H3. The summed E-state index contributed by atoms with van der Waals surface area (Å²) in [6.07, 6.45) is 5.94. The minimum absolute atomic E-state index is 0.137. The second kappa shape index (κ2) is 10.1. The number of fused-ring (bicyclic) bond motifs is 3. The smallest absolute Gasteiger partial charge is 0.414 e. The summed E-state index contributed by atoms with van der Waals surface area (Å²) in [6.45, 7) is 9.40. The highest BCUT2D eigenvalue weighted by molar-refractivity contribution is 6.46. The van der Waals surface area contributed by atoms with Crippen LogP contribution in [0, 0.1) is 0 Å². The number of aromatic nitrogens is 3. The quantitative estimate of drug-likeness (QED) is 0.370. The van der Waals surface area contributed by atoms with Gasteiger partial charge in [-0.3, -0.25) is 9.69 Å². The van der Waals surface area contributed by atoms with Crippen LogP contribution in [0.15, 0.2) is 18.5 Å². The molecule has 1 aromatic carbocycles. The summed E-state index contributed by atoms with van der Waals surface area (Å²) >= 11 is 13.5. The van der Waals surface area contributed by atoms with Crippen LogP contribution in [0.3, 0.4) is 0 Å². The molecule has 0 N–H and O–H groups in total. The summed E-state index contributed by atoms with van der Waals surface area (Å²) in [5.41, 5.74) is 2.34. The summed E-state index contributed by atoms with van der Waals surface area (Å²) < 4.78 is 15.4. The van der Waals surface area contributed by atoms with Crippen LogP contribution < -0.4 is 4.90 Å². The van der Waals surface area contributed by atoms with Crippen LogP contribution in [-0.4, -0.2) is 63.6 Å². The molecule has 1 atom stereocenters. The Hall–Kier alpha value is -2.75. The molecule has 0 aliphatic carbocycles. The van der Waals surface area contributed by atoms with Gasteiger partial charge in [-0.15, -0.1) is 0 Å². The third-order valence-electron chi connectivity index (χ3n) is 6.97. The van der Waals surface area contributed by atoms with Crippen molar-refractivity contribution in [2.45, 2.75) is 65.3 Å². The Balaban J connectivity index is 1.79. The van der Waals surface area contributed by atoms with Gasteiger partial charge in [0.15, 0.2) is 0 Å². The molecule has 1 unspecified atom stereocenters. The van der Waals surface area contributed by atoms with Gasteiger partial charge in [-0.1, -0.05) is 23.2 Å². The maximum atomic E-state index is 13.6. The van der Waals surface area contributed by atoms with Gasteiger partial charge in [0.25, 0.3) is 5.91 Å². The summed E-state index contributed by atoms with van der Waals surface area (Å²) in [5, 5.41) is 5.89. The van der Waals surface area contributed by atoms with E-state index in [1.54, 1.807) is 24.2 Å². The number of nitrogens with zero attached hydrogens (tertiary/aromatic N) is 5. The van der Waals surface area contributed by atoms with Crippen molar-refractivity contribution >= 4 is 51.8 Å². The lowest BCUT2D eigenvalue weighted by molar-refractivity contribution is -0.0394. The van der Waals surface area contributed by atoms with Crippen LogP contribution in [0.2, 0.25) is 10.0 Å². The van der Waals surface area contributed by atoms with Gasteiger partial charge in [-0.05, 0) is 53.0 Å². The van der Waals surface area contributed by atoms with Gasteiger partial charge in [0.1, 0.15) is 17.5 Å². The third kappa shape index (κ3) is 4.65. The van der Waals surface area contributed by atoms with E-state index in [0.29, 0.717) is 64.1 Å². The Kier molecular flexibility index (Phi) is 7.13. The van der Waals surface area contributed by atoms with E-state index in [9.17, 15) is 9.59 Å². The van der Waals surface area contributed by atoms with Gasteiger partial charge in [-0.2, -0.15) is 5.10 Å². The first kappa shape index (κ1) is 26.8. The molecule has 38 heavy (non-hydrogen) atoms. The maximum absolute atomic E-state index is 13.6. The molecule has 204 valence electrons. The zero-order valence-electron chi connectivity index (χ0n) is 22.4. The number of amides is 2. The van der Waals surface area contributed by atoms with Gasteiger partial charge >= 0.3 is 6.09 Å². The van der Waals surface area contributed by atoms with Crippen molar-refractivity contribution in [2.75, 3.05) is 31.6 Å². The van der Waals surface area contributed by atoms with Crippen molar-refractivity contribution in [1.29, 1.82) is 0 Å². The number of ether oxygens (including phenoxy) is 2. The summed E-state index contributed by atoms with van der Waals surface area (Å²) in [4.78, 5) is 30.2. The van der Waals surface area contributed by atoms with Crippen LogP contribution in [-0.2, 0) is 16.0 Å². The normalized spacial score (nSPS) is 18.1. The van der Waals surface area contributed by atoms with E-state index < -0.39 is 11.7 Å². The Labute approximate surface area is 232 Å². The van der Waals surface area contributed by atoms with Crippen molar-refractivity contribution in [3.05, 3.63) is 34.2 Å². The molecule has 0 spiro atoms. The molecular weight excluding hydrogens is 529 g/mol. The molecule has 0 saturated carbocycles. The predicted octanol–water partition coefficient (Wildman–Crippen LogP) is 6.36. The second-order valence-corrected chi connectivity index (χ2v) is 11.6. The molecule has 0 bridgehead atoms. The zero-order valence-corrected chi connectivity index (χ0v) is 23.9. The topological polar surface area (TPSA) is 81.8 Å². The number of benzene rings is 1. The molecule has 9 nitrogen and oxygen atoms in total. The molecule has 2 aliphatic rings. The van der Waals surface area contributed by atoms with Crippen molar-refractivity contribution < 1.29 is 19.1 Å². The lowest BCUT2D eigenvalue weighted by atomic mass is 10.0. The molecule has 5 rings (SSSR count). The fraction of sp³-hybridized carbons (Fsp3) is 0.519. The average molecular weight is 562 g/mol. The first-order valence-corrected chi connectivity index (χ1v) is 13.7. The Morgan fingerprint density at radius 3 is 2.68 bits per heavy atom.